The van der Waals surface area contributed by atoms with E-state index in [-0.39, 0.29) is 114 Å². The number of benzene rings is 2. The summed E-state index contributed by atoms with van der Waals surface area (Å²) in [5.74, 6) is -14.1. The van der Waals surface area contributed by atoms with Crippen molar-refractivity contribution in [1.82, 2.24) is 67.9 Å². The number of phenols is 2. The van der Waals surface area contributed by atoms with Crippen molar-refractivity contribution in [3.8, 4) is 11.5 Å². The average molecular weight is 1440 g/mol. The molecule has 0 aliphatic carbocycles. The Morgan fingerprint density at radius 2 is 1.05 bits per heavy atom. The number of thioether (sulfide) groups is 1. The number of amides is 12. The minimum Gasteiger partial charge on any atom is -0.508 e. The molecule has 3 aliphatic heterocycles. The number of aliphatic hydroxyl groups excluding tert-OH is 1. The van der Waals surface area contributed by atoms with Gasteiger partial charge in [0, 0.05) is 44.8 Å². The first kappa shape index (κ1) is 81.2. The normalized spacial score (nSPS) is 18.1. The molecule has 0 bridgehead atoms. The molecule has 0 saturated carbocycles. The van der Waals surface area contributed by atoms with E-state index in [1.807, 2.05) is 0 Å². The van der Waals surface area contributed by atoms with Crippen LogP contribution >= 0.6 is 24.4 Å². The zero-order valence-electron chi connectivity index (χ0n) is 55.7. The summed E-state index contributed by atoms with van der Waals surface area (Å²) in [6.07, 6.45) is 1.96. The van der Waals surface area contributed by atoms with Crippen molar-refractivity contribution in [2.45, 2.75) is 157 Å². The lowest BCUT2D eigenvalue weighted by molar-refractivity contribution is -0.144. The lowest BCUT2D eigenvalue weighted by atomic mass is 10.00. The predicted molar refractivity (Wildman–Crippen MR) is 363 cm³/mol. The molecule has 0 spiro atoms. The van der Waals surface area contributed by atoms with Gasteiger partial charge in [-0.1, -0.05) is 38.1 Å². The van der Waals surface area contributed by atoms with Gasteiger partial charge in [0.2, 0.25) is 70.9 Å². The minimum absolute atomic E-state index is 0.00744. The third-order valence-corrected chi connectivity index (χ3v) is 17.8. The number of guanidine groups is 1. The van der Waals surface area contributed by atoms with Gasteiger partial charge in [-0.15, -0.1) is 0 Å². The molecule has 100 heavy (non-hydrogen) atoms. The maximum atomic E-state index is 14.4. The third-order valence-electron chi connectivity index (χ3n) is 16.8. The van der Waals surface area contributed by atoms with Crippen LogP contribution in [0.2, 0.25) is 0 Å². The third kappa shape index (κ3) is 24.7. The van der Waals surface area contributed by atoms with E-state index in [4.69, 9.17) is 16.9 Å². The number of rotatable bonds is 38. The van der Waals surface area contributed by atoms with Crippen LogP contribution < -0.4 is 64.6 Å². The Balaban J connectivity index is 1.20. The average Bonchev–Trinajstić information content (AvgIpc) is 1.64. The van der Waals surface area contributed by atoms with Gasteiger partial charge in [0.15, 0.2) is 5.96 Å². The quantitative estimate of drug-likeness (QED) is 0.0129. The number of phenolic OH excluding ortho intramolecular Hbond substituents is 2. The summed E-state index contributed by atoms with van der Waals surface area (Å²) in [7, 11) is 0. The van der Waals surface area contributed by atoms with E-state index in [1.165, 1.54) is 65.2 Å². The first-order valence-electron chi connectivity index (χ1n) is 32.6. The molecule has 0 radical (unpaired) electrons. The zero-order chi connectivity index (χ0) is 73.9. The van der Waals surface area contributed by atoms with Gasteiger partial charge in [-0.3, -0.25) is 67.7 Å². The van der Waals surface area contributed by atoms with Crippen molar-refractivity contribution < 1.29 is 92.7 Å². The summed E-state index contributed by atoms with van der Waals surface area (Å²) >= 11 is 5.59. The first-order chi connectivity index (χ1) is 47.5. The molecule has 3 aliphatic rings. The molecule has 12 amide bonds. The number of carboxylic acid groups (broad SMARTS) is 2. The Kier molecular flexibility index (Phi) is 32.4. The number of likely N-dealkylation sites (tertiary alicyclic amines) is 3. The summed E-state index contributed by atoms with van der Waals surface area (Å²) in [5.41, 5.74) is 12.0. The van der Waals surface area contributed by atoms with Crippen LogP contribution in [0.1, 0.15) is 89.2 Å². The van der Waals surface area contributed by atoms with E-state index in [2.05, 4.69) is 65.8 Å². The summed E-state index contributed by atoms with van der Waals surface area (Å²) < 4.78 is 0. The molecular weight excluding hydrogens is 1350 g/mol. The maximum absolute atomic E-state index is 14.4. The van der Waals surface area contributed by atoms with E-state index >= 15 is 0 Å². The van der Waals surface area contributed by atoms with Crippen molar-refractivity contribution in [3.63, 3.8) is 0 Å². The SMILES string of the molecule is CSCC[C@H](NC(=O)[C@@H](NC(=O)[C@H](Cc1ccc(O)cc1)NC(=O)[C@@H]1CCCN1C(=O)CNC(=O)[C@H](CC(=O)O)NC(=O)[C@@H]1CCCN1C(=O)[C@H](CS)NC(=O)CNC(=O)[C@H](CCCNC(=N)N)NC(=O)[C@@H]1CCCN1C(=O)[C@@H](N)CO)C(C)C)C(=O)N[C@@H](Cc1ccc(O)cc1)C(=O)O. The molecule has 2 aromatic carbocycles. The van der Waals surface area contributed by atoms with Crippen LogP contribution in [0.3, 0.4) is 0 Å². The maximum Gasteiger partial charge on any atom is 0.326 e. The van der Waals surface area contributed by atoms with Crippen molar-refractivity contribution in [1.29, 1.82) is 5.41 Å². The van der Waals surface area contributed by atoms with Gasteiger partial charge in [0.1, 0.15) is 78.0 Å². The summed E-state index contributed by atoms with van der Waals surface area (Å²) in [5, 5.41) is 81.6. The number of aliphatic carboxylic acids is 2. The molecule has 3 fully saturated rings. The molecule has 0 unspecified atom stereocenters. The van der Waals surface area contributed by atoms with Gasteiger partial charge in [0.05, 0.1) is 26.1 Å². The molecule has 550 valence electrons. The second-order valence-electron chi connectivity index (χ2n) is 24.6. The molecule has 0 aromatic heterocycles. The summed E-state index contributed by atoms with van der Waals surface area (Å²) in [6, 6.07) is -3.38. The van der Waals surface area contributed by atoms with Gasteiger partial charge in [-0.25, -0.2) is 4.79 Å². The van der Waals surface area contributed by atoms with Crippen molar-refractivity contribution in [2.75, 3.05) is 63.6 Å². The number of carbonyl (C=O) groups is 14. The van der Waals surface area contributed by atoms with E-state index < -0.39 is 181 Å². The molecule has 11 atom stereocenters. The highest BCUT2D eigenvalue weighted by atomic mass is 32.2. The lowest BCUT2D eigenvalue weighted by Gasteiger charge is -2.30. The fraction of sp³-hybridized carbons (Fsp3) is 0.571. The number of thiol groups is 1. The second kappa shape index (κ2) is 39.9. The van der Waals surface area contributed by atoms with E-state index in [1.54, 1.807) is 20.1 Å². The van der Waals surface area contributed by atoms with Crippen LogP contribution in [0.4, 0.5) is 0 Å². The van der Waals surface area contributed by atoms with E-state index in [0.29, 0.717) is 23.3 Å². The lowest BCUT2D eigenvalue weighted by Crippen LogP contribution is -2.60. The van der Waals surface area contributed by atoms with Gasteiger partial charge in [0.25, 0.3) is 0 Å². The smallest absolute Gasteiger partial charge is 0.326 e. The fourth-order valence-corrected chi connectivity index (χ4v) is 12.2. The predicted octanol–water partition coefficient (Wildman–Crippen LogP) is -5.04. The van der Waals surface area contributed by atoms with Crippen LogP contribution in [0.5, 0.6) is 11.5 Å². The fourth-order valence-electron chi connectivity index (χ4n) is 11.5. The van der Waals surface area contributed by atoms with Crippen molar-refractivity contribution in [2.24, 2.45) is 17.4 Å². The molecule has 35 nitrogen and oxygen atoms in total. The van der Waals surface area contributed by atoms with Crippen molar-refractivity contribution in [3.05, 3.63) is 59.7 Å². The molecule has 5 rings (SSSR count). The highest BCUT2D eigenvalue weighted by Gasteiger charge is 2.42. The minimum atomic E-state index is -1.82. The Bertz CT molecular complexity index is 3260. The van der Waals surface area contributed by atoms with Gasteiger partial charge in [-0.2, -0.15) is 24.4 Å². The Hall–Kier alpha value is -9.49. The van der Waals surface area contributed by atoms with Gasteiger partial charge in [-0.05, 0) is 111 Å². The second-order valence-corrected chi connectivity index (χ2v) is 26.0. The Morgan fingerprint density at radius 1 is 0.580 bits per heavy atom. The zero-order valence-corrected chi connectivity index (χ0v) is 57.4. The van der Waals surface area contributed by atoms with E-state index in [0.717, 1.165) is 9.80 Å². The van der Waals surface area contributed by atoms with Crippen LogP contribution in [0.15, 0.2) is 48.5 Å². The van der Waals surface area contributed by atoms with Gasteiger partial charge < -0.3 is 105 Å². The van der Waals surface area contributed by atoms with Gasteiger partial charge >= 0.3 is 11.9 Å². The number of aromatic hydroxyl groups is 2. The number of hydrogen-bond donors (Lipinski definition) is 19. The number of carbonyl (C=O) groups excluding carboxylic acids is 12. The number of carboxylic acids is 2. The van der Waals surface area contributed by atoms with Crippen LogP contribution in [0, 0.1) is 11.3 Å². The van der Waals surface area contributed by atoms with E-state index in [9.17, 15) is 92.7 Å². The number of aliphatic hydroxyl groups is 1. The standard InChI is InChI=1S/C63H92N16O19S2/c1-33(2)51(59(94)72-40(20-25-100-3)54(89)75-43(62(97)98)27-35-14-18-37(82)19-15-35)76-55(90)41(26-34-12-16-36(81)17-13-34)73-56(91)45-9-5-22-77(45)49(84)30-69-53(88)42(28-50(85)86)74-58(93)47-11-7-24-79(47)61(96)44(32-99)70-48(83)29-68-52(87)39(8-4-21-67-63(65)66)71-57(92)46-10-6-23-78(46)60(95)38(64)31-80/h12-19,33,38-47,51,80-82,99H,4-11,20-32,64H2,1-3H3,(H,68,87)(H,69,88)(H,70,83)(H,71,92)(H,72,94)(H,73,91)(H,74,93)(H,75,89)(H,76,90)(H,85,86)(H,97,98)(H4,65,66,67)/t38-,39-,40-,41-,42-,43-,44-,45-,46-,47-,51-/m0/s1. The number of nitrogens with zero attached hydrogens (tertiary/aromatic N) is 3. The largest absolute Gasteiger partial charge is 0.508 e. The number of nitrogens with two attached hydrogens (primary N) is 2. The molecular formula is C63H92N16O19S2. The molecule has 3 saturated heterocycles. The van der Waals surface area contributed by atoms with Crippen molar-refractivity contribution >= 4 is 113 Å². The summed E-state index contributed by atoms with van der Waals surface area (Å²) in [4.78, 5) is 193. The topological polar surface area (TPSA) is 546 Å². The Labute approximate surface area is 586 Å². The van der Waals surface area contributed by atoms with Crippen LogP contribution in [-0.2, 0) is 80.0 Å². The molecule has 2 aromatic rings. The van der Waals surface area contributed by atoms with Crippen LogP contribution in [-0.4, -0.2) is 259 Å². The highest BCUT2D eigenvalue weighted by molar-refractivity contribution is 7.98. The monoisotopic (exact) mass is 1440 g/mol. The summed E-state index contributed by atoms with van der Waals surface area (Å²) in [6.45, 7) is 1.31. The molecule has 20 N–H and O–H groups in total. The Morgan fingerprint density at radius 3 is 1.56 bits per heavy atom. The number of hydrogen-bond acceptors (Lipinski definition) is 21. The molecule has 37 heteroatoms. The van der Waals surface area contributed by atoms with Crippen LogP contribution in [0.25, 0.3) is 0 Å². The highest BCUT2D eigenvalue weighted by Crippen LogP contribution is 2.23. The molecule has 3 heterocycles. The number of nitrogens with one attached hydrogen (secondary N) is 11. The first-order valence-corrected chi connectivity index (χ1v) is 34.6.